The molecule has 1 radical (unpaired) electrons. The Labute approximate surface area is 234 Å². The molecule has 3 aromatic rings. The predicted octanol–water partition coefficient (Wildman–Crippen LogP) is 8.22. The summed E-state index contributed by atoms with van der Waals surface area (Å²) in [6, 6.07) is 20.6. The van der Waals surface area contributed by atoms with Crippen LogP contribution in [-0.2, 0) is 20.7 Å². The van der Waals surface area contributed by atoms with E-state index >= 15 is 0 Å². The number of amides is 1. The summed E-state index contributed by atoms with van der Waals surface area (Å²) < 4.78 is 6.08. The smallest absolute Gasteiger partial charge is 0.320 e. The molecule has 4 nitrogen and oxygen atoms in total. The quantitative estimate of drug-likeness (QED) is 0.217. The van der Waals surface area contributed by atoms with Gasteiger partial charge in [-0.05, 0) is 71.8 Å². The number of aliphatic imine (C=N–C) groups is 1. The Morgan fingerprint density at radius 1 is 0.919 bits per heavy atom. The summed E-state index contributed by atoms with van der Waals surface area (Å²) in [5.41, 5.74) is 2.13. The summed E-state index contributed by atoms with van der Waals surface area (Å²) in [6.45, 7) is 10.8. The molecule has 0 aromatic heterocycles. The lowest BCUT2D eigenvalue weighted by Gasteiger charge is -2.42. The average molecular weight is 557 g/mol. The molecule has 0 aliphatic carbocycles. The van der Waals surface area contributed by atoms with Crippen molar-refractivity contribution in [1.29, 1.82) is 0 Å². The van der Waals surface area contributed by atoms with Crippen LogP contribution in [0.4, 0.5) is 0 Å². The van der Waals surface area contributed by atoms with Crippen molar-refractivity contribution in [2.24, 2.45) is 4.99 Å². The third kappa shape index (κ3) is 4.65. The van der Waals surface area contributed by atoms with Crippen LogP contribution in [0.2, 0.25) is 10.0 Å². The van der Waals surface area contributed by atoms with E-state index in [2.05, 4.69) is 27.2 Å². The zero-order valence-electron chi connectivity index (χ0n) is 21.6. The van der Waals surface area contributed by atoms with Crippen LogP contribution in [0, 0.1) is 0 Å². The third-order valence-electron chi connectivity index (χ3n) is 6.90. The molecule has 0 saturated carbocycles. The summed E-state index contributed by atoms with van der Waals surface area (Å²) in [6.07, 6.45) is 2.60. The Morgan fingerprint density at radius 2 is 1.49 bits per heavy atom. The van der Waals surface area contributed by atoms with Gasteiger partial charge in [0.15, 0.2) is 5.00 Å². The van der Waals surface area contributed by atoms with E-state index in [0.717, 1.165) is 11.1 Å². The zero-order valence-corrected chi connectivity index (χ0v) is 23.9. The molecular weight excluding hydrogens is 527 g/mol. The van der Waals surface area contributed by atoms with Crippen LogP contribution in [0.3, 0.4) is 0 Å². The van der Waals surface area contributed by atoms with E-state index in [0.29, 0.717) is 45.8 Å². The maximum Gasteiger partial charge on any atom is 0.320 e. The summed E-state index contributed by atoms with van der Waals surface area (Å²) in [7, 11) is 0. The Morgan fingerprint density at radius 3 is 1.97 bits per heavy atom. The SMILES string of the molecule is CCOc1cc(C(C)(C)C)ccc1C1=N[C@@](CC)(c2ccc(Cl)cc2)[C@](Cl)(c2ccc(Cl)cc2)N1[C]=O. The zero-order chi connectivity index (χ0) is 27.0. The number of rotatable bonds is 7. The van der Waals surface area contributed by atoms with Crippen LogP contribution in [0.1, 0.15) is 63.3 Å². The summed E-state index contributed by atoms with van der Waals surface area (Å²) in [5, 5.41) is 1.16. The standard InChI is InChI=1S/C30H30Cl3N2O2/c1-6-29(20-8-13-23(31)14-9-20)30(33,21-10-15-24(32)16-11-21)35(19-36)27(34-29)25-17-12-22(28(3,4)5)18-26(25)37-7-2/h8-18H,6-7H2,1-5H3/t29-,30-/m0/s1. The molecule has 0 fully saturated rings. The number of hydrogen-bond donors (Lipinski definition) is 0. The highest BCUT2D eigenvalue weighted by atomic mass is 35.5. The van der Waals surface area contributed by atoms with Gasteiger partial charge in [0.2, 0.25) is 0 Å². The van der Waals surface area contributed by atoms with Crippen molar-refractivity contribution in [3.05, 3.63) is 99.0 Å². The number of benzene rings is 3. The predicted molar refractivity (Wildman–Crippen MR) is 153 cm³/mol. The first-order valence-electron chi connectivity index (χ1n) is 12.3. The molecule has 3 aromatic carbocycles. The first kappa shape index (κ1) is 27.5. The molecule has 37 heavy (non-hydrogen) atoms. The molecule has 1 aliphatic rings. The van der Waals surface area contributed by atoms with Crippen molar-refractivity contribution in [2.75, 3.05) is 6.61 Å². The fourth-order valence-corrected chi connectivity index (χ4v) is 5.69. The number of halogens is 3. The van der Waals surface area contributed by atoms with Crippen molar-refractivity contribution in [2.45, 2.75) is 57.0 Å². The number of carbonyl (C=O) groups excluding carboxylic acids is 1. The van der Waals surface area contributed by atoms with Crippen LogP contribution in [-0.4, -0.2) is 23.8 Å². The molecule has 0 N–H and O–H groups in total. The van der Waals surface area contributed by atoms with Gasteiger partial charge in [0.1, 0.15) is 17.1 Å². The Balaban J connectivity index is 2.04. The van der Waals surface area contributed by atoms with E-state index in [-0.39, 0.29) is 5.41 Å². The molecule has 193 valence electrons. The lowest BCUT2D eigenvalue weighted by molar-refractivity contribution is 0.232. The lowest BCUT2D eigenvalue weighted by atomic mass is 9.77. The van der Waals surface area contributed by atoms with Crippen LogP contribution >= 0.6 is 34.8 Å². The second-order valence-electron chi connectivity index (χ2n) is 10.1. The summed E-state index contributed by atoms with van der Waals surface area (Å²) in [4.78, 5) is 18.0. The van der Waals surface area contributed by atoms with Gasteiger partial charge in [-0.3, -0.25) is 14.7 Å². The second-order valence-corrected chi connectivity index (χ2v) is 11.5. The Hall–Kier alpha value is -2.53. The van der Waals surface area contributed by atoms with Gasteiger partial charge in [-0.25, -0.2) is 0 Å². The fraction of sp³-hybridized carbons (Fsp3) is 0.333. The monoisotopic (exact) mass is 555 g/mol. The Bertz CT molecular complexity index is 1320. The van der Waals surface area contributed by atoms with E-state index in [4.69, 9.17) is 44.5 Å². The van der Waals surface area contributed by atoms with Gasteiger partial charge in [-0.15, -0.1) is 0 Å². The van der Waals surface area contributed by atoms with Crippen LogP contribution in [0.25, 0.3) is 0 Å². The van der Waals surface area contributed by atoms with Crippen molar-refractivity contribution < 1.29 is 9.53 Å². The van der Waals surface area contributed by atoms with Crippen LogP contribution in [0.15, 0.2) is 71.7 Å². The average Bonchev–Trinajstić information content (AvgIpc) is 3.13. The maximum atomic E-state index is 12.8. The van der Waals surface area contributed by atoms with Gasteiger partial charge in [-0.1, -0.05) is 92.8 Å². The van der Waals surface area contributed by atoms with Crippen LogP contribution in [0.5, 0.6) is 5.75 Å². The molecule has 4 rings (SSSR count). The molecule has 2 atom stereocenters. The maximum absolute atomic E-state index is 12.8. The molecule has 0 unspecified atom stereocenters. The van der Waals surface area contributed by atoms with E-state index in [9.17, 15) is 4.79 Å². The normalized spacial score (nSPS) is 21.6. The van der Waals surface area contributed by atoms with E-state index in [1.54, 1.807) is 24.3 Å². The van der Waals surface area contributed by atoms with Crippen molar-refractivity contribution in [1.82, 2.24) is 4.90 Å². The van der Waals surface area contributed by atoms with Gasteiger partial charge < -0.3 is 4.74 Å². The highest BCUT2D eigenvalue weighted by Gasteiger charge is 2.62. The molecule has 0 bridgehead atoms. The highest BCUT2D eigenvalue weighted by Crippen LogP contribution is 2.57. The highest BCUT2D eigenvalue weighted by molar-refractivity contribution is 6.31. The Kier molecular flexibility index (Phi) is 7.67. The van der Waals surface area contributed by atoms with Crippen LogP contribution < -0.4 is 4.74 Å². The third-order valence-corrected chi connectivity index (χ3v) is 8.11. The number of nitrogens with zero attached hydrogens (tertiary/aromatic N) is 2. The number of alkyl halides is 1. The first-order chi connectivity index (χ1) is 17.5. The molecule has 0 spiro atoms. The van der Waals surface area contributed by atoms with E-state index in [1.807, 2.05) is 56.3 Å². The molecule has 1 aliphatic heterocycles. The minimum absolute atomic E-state index is 0.0889. The van der Waals surface area contributed by atoms with E-state index in [1.165, 1.54) is 4.90 Å². The first-order valence-corrected chi connectivity index (χ1v) is 13.4. The van der Waals surface area contributed by atoms with Crippen molar-refractivity contribution >= 4 is 47.0 Å². The summed E-state index contributed by atoms with van der Waals surface area (Å²) in [5.74, 6) is 1.02. The molecule has 1 heterocycles. The molecule has 7 heteroatoms. The fourth-order valence-electron chi connectivity index (χ4n) is 4.91. The van der Waals surface area contributed by atoms with Crippen molar-refractivity contribution in [3.63, 3.8) is 0 Å². The minimum Gasteiger partial charge on any atom is -0.493 e. The van der Waals surface area contributed by atoms with E-state index < -0.39 is 10.5 Å². The van der Waals surface area contributed by atoms with Gasteiger partial charge in [0, 0.05) is 10.0 Å². The number of ether oxygens (including phenoxy) is 1. The van der Waals surface area contributed by atoms with Gasteiger partial charge >= 0.3 is 6.41 Å². The minimum atomic E-state index is -1.43. The number of hydrogen-bond acceptors (Lipinski definition) is 3. The lowest BCUT2D eigenvalue weighted by Crippen LogP contribution is -2.51. The second kappa shape index (κ2) is 10.3. The topological polar surface area (TPSA) is 41.9 Å². The number of amidine groups is 1. The molecular formula is C30H30Cl3N2O2. The van der Waals surface area contributed by atoms with Gasteiger partial charge in [0.05, 0.1) is 12.2 Å². The van der Waals surface area contributed by atoms with Gasteiger partial charge in [-0.2, -0.15) is 0 Å². The summed E-state index contributed by atoms with van der Waals surface area (Å²) >= 11 is 20.1. The van der Waals surface area contributed by atoms with Gasteiger partial charge in [0.25, 0.3) is 0 Å². The largest absolute Gasteiger partial charge is 0.493 e. The molecule has 1 amide bonds. The molecule has 0 saturated heterocycles. The van der Waals surface area contributed by atoms with Crippen molar-refractivity contribution in [3.8, 4) is 5.75 Å².